The average molecular weight is 419 g/mol. The fraction of sp³-hybridized carbons (Fsp3) is 0.160. The molecular formula is C25H23ClN2O2. The Morgan fingerprint density at radius 2 is 1.50 bits per heavy atom. The number of para-hydroxylation sites is 1. The van der Waals surface area contributed by atoms with Crippen LogP contribution in [0.25, 0.3) is 6.08 Å². The highest BCUT2D eigenvalue weighted by atomic mass is 35.5. The van der Waals surface area contributed by atoms with Crippen molar-refractivity contribution >= 4 is 29.1 Å². The molecule has 1 atom stereocenters. The Balaban J connectivity index is 1.63. The van der Waals surface area contributed by atoms with Gasteiger partial charge in [-0.25, -0.2) is 0 Å². The Labute approximate surface area is 182 Å². The fourth-order valence-electron chi connectivity index (χ4n) is 3.49. The van der Waals surface area contributed by atoms with Crippen molar-refractivity contribution in [2.24, 2.45) is 5.10 Å². The molecule has 4 rings (SSSR count). The van der Waals surface area contributed by atoms with Crippen molar-refractivity contribution in [1.82, 2.24) is 0 Å². The molecule has 0 aromatic heterocycles. The third kappa shape index (κ3) is 4.34. The topological polar surface area (TPSA) is 34.1 Å². The molecule has 0 spiro atoms. The molecule has 0 radical (unpaired) electrons. The zero-order valence-electron chi connectivity index (χ0n) is 17.0. The van der Waals surface area contributed by atoms with Crippen LogP contribution in [0, 0.1) is 0 Å². The van der Waals surface area contributed by atoms with Gasteiger partial charge in [0.25, 0.3) is 0 Å². The number of ether oxygens (including phenoxy) is 2. The number of nitrogens with zero attached hydrogens (tertiary/aromatic N) is 2. The van der Waals surface area contributed by atoms with Crippen LogP contribution in [0.4, 0.5) is 5.69 Å². The minimum absolute atomic E-state index is 0.0614. The summed E-state index contributed by atoms with van der Waals surface area (Å²) in [5.74, 6) is 1.68. The summed E-state index contributed by atoms with van der Waals surface area (Å²) < 4.78 is 10.5. The summed E-state index contributed by atoms with van der Waals surface area (Å²) in [6.45, 7) is 0. The third-order valence-electron chi connectivity index (χ3n) is 5.12. The lowest BCUT2D eigenvalue weighted by atomic mass is 10.0. The average Bonchev–Trinajstić information content (AvgIpc) is 3.22. The number of hydrazone groups is 1. The third-order valence-corrected chi connectivity index (χ3v) is 5.44. The van der Waals surface area contributed by atoms with Crippen LogP contribution in [0.5, 0.6) is 11.5 Å². The molecule has 0 saturated heterocycles. The molecule has 5 heteroatoms. The van der Waals surface area contributed by atoms with E-state index in [1.165, 1.54) is 0 Å². The summed E-state index contributed by atoms with van der Waals surface area (Å²) in [5.41, 5.74) is 4.14. The highest BCUT2D eigenvalue weighted by Crippen LogP contribution is 2.39. The van der Waals surface area contributed by atoms with Gasteiger partial charge < -0.3 is 9.47 Å². The van der Waals surface area contributed by atoms with Crippen molar-refractivity contribution in [2.45, 2.75) is 12.5 Å². The van der Waals surface area contributed by atoms with Gasteiger partial charge in [0.1, 0.15) is 11.5 Å². The lowest BCUT2D eigenvalue weighted by Gasteiger charge is -2.25. The smallest absolute Gasteiger partial charge is 0.118 e. The van der Waals surface area contributed by atoms with Crippen molar-refractivity contribution in [3.63, 3.8) is 0 Å². The highest BCUT2D eigenvalue weighted by molar-refractivity contribution is 6.33. The molecule has 0 bridgehead atoms. The number of methoxy groups -OCH3 is 2. The Morgan fingerprint density at radius 3 is 2.13 bits per heavy atom. The second-order valence-electron chi connectivity index (χ2n) is 6.99. The first kappa shape index (κ1) is 20.0. The minimum Gasteiger partial charge on any atom is -0.497 e. The molecule has 1 aliphatic rings. The fourth-order valence-corrected chi connectivity index (χ4v) is 3.71. The van der Waals surface area contributed by atoms with Crippen molar-refractivity contribution in [3.8, 4) is 11.5 Å². The predicted molar refractivity (Wildman–Crippen MR) is 124 cm³/mol. The van der Waals surface area contributed by atoms with Crippen LogP contribution in [0.1, 0.15) is 23.6 Å². The lowest BCUT2D eigenvalue weighted by molar-refractivity contribution is 0.414. The molecule has 3 aromatic carbocycles. The molecular weight excluding hydrogens is 396 g/mol. The molecule has 0 aliphatic carbocycles. The van der Waals surface area contributed by atoms with Crippen molar-refractivity contribution in [1.29, 1.82) is 0 Å². The van der Waals surface area contributed by atoms with E-state index in [1.807, 2.05) is 65.7 Å². The minimum atomic E-state index is 0.0614. The number of hydrogen-bond acceptors (Lipinski definition) is 4. The van der Waals surface area contributed by atoms with Gasteiger partial charge in [0, 0.05) is 6.42 Å². The van der Waals surface area contributed by atoms with Crippen LogP contribution < -0.4 is 14.5 Å². The van der Waals surface area contributed by atoms with E-state index in [0.717, 1.165) is 40.4 Å². The van der Waals surface area contributed by atoms with Crippen LogP contribution in [-0.4, -0.2) is 19.9 Å². The molecule has 152 valence electrons. The largest absolute Gasteiger partial charge is 0.497 e. The lowest BCUT2D eigenvalue weighted by Crippen LogP contribution is -2.18. The van der Waals surface area contributed by atoms with E-state index in [-0.39, 0.29) is 6.04 Å². The van der Waals surface area contributed by atoms with Gasteiger partial charge in [-0.05, 0) is 53.6 Å². The van der Waals surface area contributed by atoms with Crippen LogP contribution >= 0.6 is 11.6 Å². The van der Waals surface area contributed by atoms with Gasteiger partial charge in [-0.15, -0.1) is 0 Å². The van der Waals surface area contributed by atoms with Crippen molar-refractivity contribution in [2.75, 3.05) is 19.2 Å². The van der Waals surface area contributed by atoms with Gasteiger partial charge >= 0.3 is 0 Å². The second kappa shape index (κ2) is 9.06. The van der Waals surface area contributed by atoms with Gasteiger partial charge in [-0.3, -0.25) is 5.01 Å². The summed E-state index contributed by atoms with van der Waals surface area (Å²) in [7, 11) is 3.34. The monoisotopic (exact) mass is 418 g/mol. The maximum absolute atomic E-state index is 6.49. The first-order valence-electron chi connectivity index (χ1n) is 9.75. The van der Waals surface area contributed by atoms with Crippen LogP contribution in [0.2, 0.25) is 5.02 Å². The van der Waals surface area contributed by atoms with Crippen molar-refractivity contribution < 1.29 is 9.47 Å². The van der Waals surface area contributed by atoms with Gasteiger partial charge in [0.2, 0.25) is 0 Å². The van der Waals surface area contributed by atoms with E-state index in [1.54, 1.807) is 14.2 Å². The first-order valence-corrected chi connectivity index (χ1v) is 10.1. The number of hydrogen-bond donors (Lipinski definition) is 0. The molecule has 30 heavy (non-hydrogen) atoms. The van der Waals surface area contributed by atoms with Gasteiger partial charge in [-0.2, -0.15) is 5.10 Å². The molecule has 0 fully saturated rings. The van der Waals surface area contributed by atoms with Gasteiger partial charge in [0.15, 0.2) is 0 Å². The summed E-state index contributed by atoms with van der Waals surface area (Å²) in [6, 6.07) is 23.9. The van der Waals surface area contributed by atoms with E-state index in [2.05, 4.69) is 24.3 Å². The Kier molecular flexibility index (Phi) is 6.05. The Hall–Kier alpha value is -3.24. The quantitative estimate of drug-likeness (QED) is 0.466. The molecule has 3 aromatic rings. The maximum atomic E-state index is 6.49. The number of halogens is 1. The number of rotatable bonds is 6. The predicted octanol–water partition coefficient (Wildman–Crippen LogP) is 6.38. The highest BCUT2D eigenvalue weighted by Gasteiger charge is 2.29. The van der Waals surface area contributed by atoms with E-state index in [4.69, 9.17) is 26.2 Å². The summed E-state index contributed by atoms with van der Waals surface area (Å²) in [5, 5.41) is 7.58. The van der Waals surface area contributed by atoms with E-state index >= 15 is 0 Å². The zero-order chi connectivity index (χ0) is 20.9. The SMILES string of the molecule is COc1ccc(C=CC2=NN(c3ccccc3Cl)C(c3ccc(OC)cc3)C2)cc1. The van der Waals surface area contributed by atoms with E-state index < -0.39 is 0 Å². The molecule has 4 nitrogen and oxygen atoms in total. The van der Waals surface area contributed by atoms with Crippen LogP contribution in [-0.2, 0) is 0 Å². The summed E-state index contributed by atoms with van der Waals surface area (Å²) in [6.07, 6.45) is 4.92. The van der Waals surface area contributed by atoms with Crippen LogP contribution in [0.15, 0.2) is 84.0 Å². The Bertz CT molecular complexity index is 1060. The number of allylic oxidation sites excluding steroid dienone is 1. The Morgan fingerprint density at radius 1 is 0.867 bits per heavy atom. The van der Waals surface area contributed by atoms with Crippen molar-refractivity contribution in [3.05, 3.63) is 95.0 Å². The zero-order valence-corrected chi connectivity index (χ0v) is 17.7. The number of benzene rings is 3. The summed E-state index contributed by atoms with van der Waals surface area (Å²) in [4.78, 5) is 0. The number of anilines is 1. The molecule has 1 heterocycles. The van der Waals surface area contributed by atoms with Gasteiger partial charge in [-0.1, -0.05) is 54.1 Å². The standard InChI is InChI=1S/C25H23ClN2O2/c1-29-21-13-8-18(9-14-21)7-12-20-17-25(19-10-15-22(30-2)16-11-19)28(27-20)24-6-4-3-5-23(24)26/h3-16,25H,17H2,1-2H3. The molecule has 1 unspecified atom stereocenters. The normalized spacial score (nSPS) is 16.0. The van der Waals surface area contributed by atoms with Gasteiger partial charge in [0.05, 0.1) is 36.7 Å². The molecule has 0 saturated carbocycles. The summed E-state index contributed by atoms with van der Waals surface area (Å²) >= 11 is 6.49. The van der Waals surface area contributed by atoms with E-state index in [9.17, 15) is 0 Å². The van der Waals surface area contributed by atoms with E-state index in [0.29, 0.717) is 5.02 Å². The van der Waals surface area contributed by atoms with Crippen LogP contribution in [0.3, 0.4) is 0 Å². The first-order chi connectivity index (χ1) is 14.7. The molecule has 1 aliphatic heterocycles. The molecule has 0 N–H and O–H groups in total. The second-order valence-corrected chi connectivity index (χ2v) is 7.39. The molecule has 0 amide bonds. The maximum Gasteiger partial charge on any atom is 0.118 e.